The first-order chi connectivity index (χ1) is 20.9. The third kappa shape index (κ3) is 8.51. The third-order valence-corrected chi connectivity index (χ3v) is 13.3. The van der Waals surface area contributed by atoms with Crippen LogP contribution in [-0.2, 0) is 17.5 Å². The molecule has 0 saturated heterocycles. The second kappa shape index (κ2) is 14.8. The van der Waals surface area contributed by atoms with Crippen LogP contribution in [0.25, 0.3) is 5.65 Å². The molecule has 1 atom stereocenters. The summed E-state index contributed by atoms with van der Waals surface area (Å²) < 4.78 is 26.3. The van der Waals surface area contributed by atoms with Gasteiger partial charge in [-0.15, -0.1) is 5.10 Å². The molecule has 0 aliphatic heterocycles. The standard InChI is InChI=1S/C33H46BrN5O4Si/c1-9-10-28(19-20-42-44(7,8)33(2,3)4)43-32-36-31(30-35-21-29(34)39(30)37-32)38(22-24-11-15-26(40-5)16-12-24)23-25-13-17-27(41-6)18-14-25/h11-18,21,28H,9-10,19-20,22-23H2,1-8H3. The monoisotopic (exact) mass is 683 g/mol. The van der Waals surface area contributed by atoms with Gasteiger partial charge in [0.15, 0.2) is 19.8 Å². The molecule has 11 heteroatoms. The summed E-state index contributed by atoms with van der Waals surface area (Å²) in [6.07, 6.45) is 4.30. The maximum atomic E-state index is 6.52. The van der Waals surface area contributed by atoms with Crippen LogP contribution in [0.15, 0.2) is 59.3 Å². The number of methoxy groups -OCH3 is 2. The highest BCUT2D eigenvalue weighted by Crippen LogP contribution is 2.37. The van der Waals surface area contributed by atoms with Crippen molar-refractivity contribution in [2.75, 3.05) is 25.7 Å². The molecule has 0 saturated carbocycles. The Kier molecular flexibility index (Phi) is 11.3. The van der Waals surface area contributed by atoms with Crippen LogP contribution >= 0.6 is 15.9 Å². The average Bonchev–Trinajstić information content (AvgIpc) is 3.37. The molecule has 0 radical (unpaired) electrons. The minimum atomic E-state index is -1.86. The molecule has 0 amide bonds. The zero-order chi connectivity index (χ0) is 31.9. The Morgan fingerprint density at radius 2 is 1.48 bits per heavy atom. The number of rotatable bonds is 15. The van der Waals surface area contributed by atoms with Gasteiger partial charge in [-0.25, -0.2) is 4.98 Å². The van der Waals surface area contributed by atoms with Crippen LogP contribution in [0.1, 0.15) is 58.1 Å². The molecule has 0 fully saturated rings. The van der Waals surface area contributed by atoms with Gasteiger partial charge in [-0.3, -0.25) is 0 Å². The summed E-state index contributed by atoms with van der Waals surface area (Å²) in [5, 5.41) is 4.89. The van der Waals surface area contributed by atoms with Crippen molar-refractivity contribution in [3.8, 4) is 17.5 Å². The number of aromatic nitrogens is 4. The normalized spacial score (nSPS) is 12.8. The Balaban J connectivity index is 1.67. The lowest BCUT2D eigenvalue weighted by Crippen LogP contribution is -2.41. The van der Waals surface area contributed by atoms with E-state index in [1.807, 2.05) is 24.3 Å². The highest BCUT2D eigenvalue weighted by Gasteiger charge is 2.37. The molecule has 4 rings (SSSR count). The molecule has 2 aromatic carbocycles. The molecule has 4 aromatic rings. The number of benzene rings is 2. The topological polar surface area (TPSA) is 83.2 Å². The lowest BCUT2D eigenvalue weighted by molar-refractivity contribution is 0.135. The van der Waals surface area contributed by atoms with Gasteiger partial charge in [0.25, 0.3) is 0 Å². The molecule has 2 heterocycles. The fraction of sp³-hybridized carbons (Fsp3) is 0.485. The van der Waals surface area contributed by atoms with Crippen LogP contribution in [0.4, 0.5) is 5.82 Å². The first-order valence-electron chi connectivity index (χ1n) is 15.2. The minimum Gasteiger partial charge on any atom is -0.497 e. The number of hydrogen-bond donors (Lipinski definition) is 0. The molecular weight excluding hydrogens is 638 g/mol. The third-order valence-electron chi connectivity index (χ3n) is 8.24. The van der Waals surface area contributed by atoms with Gasteiger partial charge in [0, 0.05) is 26.1 Å². The quantitative estimate of drug-likeness (QED) is 0.116. The molecule has 0 aliphatic rings. The van der Waals surface area contributed by atoms with Gasteiger partial charge < -0.3 is 23.5 Å². The van der Waals surface area contributed by atoms with E-state index in [0.29, 0.717) is 37.2 Å². The number of anilines is 1. The van der Waals surface area contributed by atoms with E-state index in [1.54, 1.807) is 24.9 Å². The number of halogens is 1. The maximum absolute atomic E-state index is 6.52. The molecule has 0 bridgehead atoms. The molecule has 9 nitrogen and oxygen atoms in total. The van der Waals surface area contributed by atoms with Crippen molar-refractivity contribution in [2.45, 2.75) is 84.3 Å². The Morgan fingerprint density at radius 3 is 1.98 bits per heavy atom. The van der Waals surface area contributed by atoms with Crippen molar-refractivity contribution >= 4 is 35.7 Å². The largest absolute Gasteiger partial charge is 0.497 e. The van der Waals surface area contributed by atoms with Crippen molar-refractivity contribution in [1.82, 2.24) is 19.6 Å². The van der Waals surface area contributed by atoms with Crippen molar-refractivity contribution in [3.63, 3.8) is 0 Å². The second-order valence-corrected chi connectivity index (χ2v) is 18.1. The first kappa shape index (κ1) is 33.7. The molecule has 238 valence electrons. The smallest absolute Gasteiger partial charge is 0.336 e. The predicted molar refractivity (Wildman–Crippen MR) is 181 cm³/mol. The molecule has 0 N–H and O–H groups in total. The molecule has 0 aliphatic carbocycles. The Hall–Kier alpha value is -3.15. The summed E-state index contributed by atoms with van der Waals surface area (Å²) in [5.41, 5.74) is 2.85. The molecule has 44 heavy (non-hydrogen) atoms. The zero-order valence-corrected chi connectivity index (χ0v) is 29.8. The number of fused-ring (bicyclic) bond motifs is 1. The minimum absolute atomic E-state index is 0.0750. The molecule has 2 aromatic heterocycles. The van der Waals surface area contributed by atoms with Gasteiger partial charge in [0.1, 0.15) is 22.2 Å². The lowest BCUT2D eigenvalue weighted by atomic mass is 10.1. The Bertz CT molecular complexity index is 1440. The van der Waals surface area contributed by atoms with Gasteiger partial charge in [-0.1, -0.05) is 58.4 Å². The van der Waals surface area contributed by atoms with E-state index in [4.69, 9.17) is 28.7 Å². The van der Waals surface area contributed by atoms with E-state index in [-0.39, 0.29) is 11.1 Å². The van der Waals surface area contributed by atoms with Gasteiger partial charge in [-0.05, 0) is 75.9 Å². The van der Waals surface area contributed by atoms with Crippen LogP contribution < -0.4 is 19.1 Å². The highest BCUT2D eigenvalue weighted by atomic mass is 79.9. The van der Waals surface area contributed by atoms with Gasteiger partial charge in [0.2, 0.25) is 0 Å². The van der Waals surface area contributed by atoms with Crippen LogP contribution in [0.3, 0.4) is 0 Å². The summed E-state index contributed by atoms with van der Waals surface area (Å²) in [6.45, 7) is 15.3. The van der Waals surface area contributed by atoms with E-state index < -0.39 is 8.32 Å². The van der Waals surface area contributed by atoms with E-state index in [0.717, 1.165) is 46.5 Å². The number of nitrogens with zero attached hydrogens (tertiary/aromatic N) is 5. The van der Waals surface area contributed by atoms with Gasteiger partial charge in [0.05, 0.1) is 20.4 Å². The maximum Gasteiger partial charge on any atom is 0.336 e. The number of hydrogen-bond acceptors (Lipinski definition) is 8. The van der Waals surface area contributed by atoms with E-state index >= 15 is 0 Å². The SMILES string of the molecule is CCCC(CCO[Si](C)(C)C(C)(C)C)Oc1nc(N(Cc2ccc(OC)cc2)Cc2ccc(OC)cc2)c2ncc(Br)n2n1. The summed E-state index contributed by atoms with van der Waals surface area (Å²) in [4.78, 5) is 11.9. The summed E-state index contributed by atoms with van der Waals surface area (Å²) in [7, 11) is 1.48. The van der Waals surface area contributed by atoms with Crippen molar-refractivity contribution < 1.29 is 18.6 Å². The van der Waals surface area contributed by atoms with E-state index in [2.05, 4.69) is 90.9 Å². The van der Waals surface area contributed by atoms with Gasteiger partial charge in [-0.2, -0.15) is 9.50 Å². The highest BCUT2D eigenvalue weighted by molar-refractivity contribution is 9.10. The van der Waals surface area contributed by atoms with Gasteiger partial charge >= 0.3 is 6.01 Å². The molecular formula is C33H46BrN5O4Si. The Labute approximate surface area is 271 Å². The fourth-order valence-electron chi connectivity index (χ4n) is 4.59. The van der Waals surface area contributed by atoms with Crippen molar-refractivity contribution in [1.29, 1.82) is 0 Å². The van der Waals surface area contributed by atoms with E-state index in [1.165, 1.54) is 0 Å². The van der Waals surface area contributed by atoms with E-state index in [9.17, 15) is 0 Å². The molecule has 0 spiro atoms. The lowest BCUT2D eigenvalue weighted by Gasteiger charge is -2.36. The van der Waals surface area contributed by atoms with Crippen LogP contribution in [-0.4, -0.2) is 54.8 Å². The number of imidazole rings is 1. The first-order valence-corrected chi connectivity index (χ1v) is 18.9. The molecule has 1 unspecified atom stereocenters. The van der Waals surface area contributed by atoms with Crippen LogP contribution in [0, 0.1) is 0 Å². The summed E-state index contributed by atoms with van der Waals surface area (Å²) >= 11 is 3.62. The predicted octanol–water partition coefficient (Wildman–Crippen LogP) is 8.07. The van der Waals surface area contributed by atoms with Crippen LogP contribution in [0.2, 0.25) is 18.1 Å². The number of ether oxygens (including phenoxy) is 3. The van der Waals surface area contributed by atoms with Crippen molar-refractivity contribution in [2.24, 2.45) is 0 Å². The second-order valence-electron chi connectivity index (χ2n) is 12.5. The summed E-state index contributed by atoms with van der Waals surface area (Å²) in [5.74, 6) is 2.31. The zero-order valence-electron chi connectivity index (χ0n) is 27.3. The fourth-order valence-corrected chi connectivity index (χ4v) is 6.00. The average molecular weight is 685 g/mol. The summed E-state index contributed by atoms with van der Waals surface area (Å²) in [6, 6.07) is 16.5. The van der Waals surface area contributed by atoms with Crippen LogP contribution in [0.5, 0.6) is 17.5 Å². The van der Waals surface area contributed by atoms with Crippen molar-refractivity contribution in [3.05, 3.63) is 70.5 Å². The Morgan fingerprint density at radius 1 is 0.909 bits per heavy atom.